The molecule has 0 aromatic heterocycles. The van der Waals surface area contributed by atoms with Gasteiger partial charge in [-0.3, -0.25) is 10.1 Å². The standard InChI is InChI=1S/C6H15NOP/c1-2-3-4-5-6-9(7)8/h2-6H2,1H3,(H2,7,8). The van der Waals surface area contributed by atoms with E-state index in [4.69, 9.17) is 5.50 Å². The first-order valence-corrected chi connectivity index (χ1v) is 4.98. The van der Waals surface area contributed by atoms with Gasteiger partial charge >= 0.3 is 0 Å². The van der Waals surface area contributed by atoms with E-state index in [9.17, 15) is 4.57 Å². The molecule has 0 aliphatic carbocycles. The van der Waals surface area contributed by atoms with Crippen LogP contribution in [0.5, 0.6) is 0 Å². The summed E-state index contributed by atoms with van der Waals surface area (Å²) in [6.45, 7) is 2.16. The van der Waals surface area contributed by atoms with Crippen molar-refractivity contribution in [1.82, 2.24) is 0 Å². The summed E-state index contributed by atoms with van der Waals surface area (Å²) in [5.41, 5.74) is 5.08. The van der Waals surface area contributed by atoms with Crippen LogP contribution in [0.1, 0.15) is 32.6 Å². The molecule has 2 nitrogen and oxygen atoms in total. The van der Waals surface area contributed by atoms with E-state index in [0.717, 1.165) is 6.42 Å². The third-order valence-electron chi connectivity index (χ3n) is 1.23. The maximum Gasteiger partial charge on any atom is 0.142 e. The Morgan fingerprint density at radius 3 is 2.44 bits per heavy atom. The minimum absolute atomic E-state index is 0.704. The summed E-state index contributed by atoms with van der Waals surface area (Å²) in [5.74, 6) is 0. The summed E-state index contributed by atoms with van der Waals surface area (Å²) in [6, 6.07) is 0. The highest BCUT2D eigenvalue weighted by molar-refractivity contribution is 7.41. The summed E-state index contributed by atoms with van der Waals surface area (Å²) in [4.78, 5) is 0. The first kappa shape index (κ1) is 9.06. The van der Waals surface area contributed by atoms with Gasteiger partial charge in [0, 0.05) is 6.16 Å². The molecule has 0 aromatic carbocycles. The van der Waals surface area contributed by atoms with Crippen LogP contribution in [0.2, 0.25) is 0 Å². The highest BCUT2D eigenvalue weighted by Crippen LogP contribution is 2.11. The Balaban J connectivity index is 2.83. The highest BCUT2D eigenvalue weighted by Gasteiger charge is 1.90. The topological polar surface area (TPSA) is 43.1 Å². The molecule has 9 heavy (non-hydrogen) atoms. The number of hydrogen-bond donors (Lipinski definition) is 1. The molecule has 1 unspecified atom stereocenters. The van der Waals surface area contributed by atoms with E-state index in [0.29, 0.717) is 6.16 Å². The fraction of sp³-hybridized carbons (Fsp3) is 1.00. The van der Waals surface area contributed by atoms with E-state index < -0.39 is 7.95 Å². The van der Waals surface area contributed by atoms with Crippen molar-refractivity contribution in [1.29, 1.82) is 0 Å². The second-order valence-corrected chi connectivity index (χ2v) is 3.48. The van der Waals surface area contributed by atoms with E-state index in [2.05, 4.69) is 6.92 Å². The lowest BCUT2D eigenvalue weighted by Gasteiger charge is -1.93. The van der Waals surface area contributed by atoms with E-state index in [1.54, 1.807) is 0 Å². The van der Waals surface area contributed by atoms with Crippen molar-refractivity contribution >= 4 is 7.95 Å². The van der Waals surface area contributed by atoms with Gasteiger partial charge in [0.1, 0.15) is 7.95 Å². The van der Waals surface area contributed by atoms with Crippen LogP contribution in [-0.2, 0) is 4.57 Å². The Kier molecular flexibility index (Phi) is 6.23. The molecule has 2 N–H and O–H groups in total. The van der Waals surface area contributed by atoms with Crippen molar-refractivity contribution in [2.45, 2.75) is 32.6 Å². The second-order valence-electron chi connectivity index (χ2n) is 2.20. The SMILES string of the molecule is CCCCCC[P](N)=O. The molecule has 0 spiro atoms. The Bertz CT molecular complexity index is 85.1. The quantitative estimate of drug-likeness (QED) is 0.480. The van der Waals surface area contributed by atoms with E-state index in [-0.39, 0.29) is 0 Å². The fourth-order valence-corrected chi connectivity index (χ4v) is 1.23. The molecule has 0 aromatic rings. The molecule has 0 saturated carbocycles. The van der Waals surface area contributed by atoms with Crippen LogP contribution in [0.25, 0.3) is 0 Å². The molecule has 1 atom stereocenters. The van der Waals surface area contributed by atoms with E-state index in [1.807, 2.05) is 0 Å². The largest absolute Gasteiger partial charge is 0.270 e. The zero-order valence-electron chi connectivity index (χ0n) is 5.97. The Hall–Kier alpha value is 0.0600. The van der Waals surface area contributed by atoms with Crippen molar-refractivity contribution in [3.05, 3.63) is 0 Å². The van der Waals surface area contributed by atoms with Gasteiger partial charge in [0.15, 0.2) is 0 Å². The van der Waals surface area contributed by atoms with Gasteiger partial charge in [-0.2, -0.15) is 0 Å². The summed E-state index contributed by atoms with van der Waals surface area (Å²) in [6.07, 6.45) is 5.37. The molecule has 0 heterocycles. The van der Waals surface area contributed by atoms with Crippen LogP contribution in [0, 0.1) is 0 Å². The van der Waals surface area contributed by atoms with Crippen LogP contribution < -0.4 is 5.50 Å². The summed E-state index contributed by atoms with van der Waals surface area (Å²) < 4.78 is 10.3. The van der Waals surface area contributed by atoms with Crippen molar-refractivity contribution in [2.24, 2.45) is 5.50 Å². The zero-order chi connectivity index (χ0) is 7.11. The monoisotopic (exact) mass is 148 g/mol. The lowest BCUT2D eigenvalue weighted by atomic mass is 10.2. The number of hydrogen-bond acceptors (Lipinski definition) is 1. The number of nitrogens with two attached hydrogens (primary N) is 1. The molecular weight excluding hydrogens is 133 g/mol. The first-order valence-electron chi connectivity index (χ1n) is 3.46. The second kappa shape index (κ2) is 6.18. The molecular formula is C6H15NOP. The highest BCUT2D eigenvalue weighted by atomic mass is 31.1. The van der Waals surface area contributed by atoms with Crippen molar-refractivity contribution in [2.75, 3.05) is 6.16 Å². The van der Waals surface area contributed by atoms with Gasteiger partial charge in [0.2, 0.25) is 0 Å². The summed E-state index contributed by atoms with van der Waals surface area (Å²) in [5, 5.41) is 0. The molecule has 0 aliphatic heterocycles. The lowest BCUT2D eigenvalue weighted by molar-refractivity contribution is 0.584. The number of unbranched alkanes of at least 4 members (excludes halogenated alkanes) is 3. The smallest absolute Gasteiger partial charge is 0.142 e. The average molecular weight is 148 g/mol. The van der Waals surface area contributed by atoms with Crippen molar-refractivity contribution < 1.29 is 4.57 Å². The fourth-order valence-electron chi connectivity index (χ4n) is 0.694. The predicted octanol–water partition coefficient (Wildman–Crippen LogP) is 2.27. The van der Waals surface area contributed by atoms with Gasteiger partial charge in [0.05, 0.1) is 0 Å². The van der Waals surface area contributed by atoms with Crippen molar-refractivity contribution in [3.8, 4) is 0 Å². The first-order chi connectivity index (χ1) is 4.27. The molecule has 55 valence electrons. The molecule has 0 aliphatic rings. The molecule has 0 fully saturated rings. The molecule has 1 radical (unpaired) electrons. The normalized spacial score (nSPS) is 11.6. The summed E-state index contributed by atoms with van der Waals surface area (Å²) in [7, 11) is -1.37. The van der Waals surface area contributed by atoms with Crippen LogP contribution >= 0.6 is 7.95 Å². The van der Waals surface area contributed by atoms with Gasteiger partial charge in [0.25, 0.3) is 0 Å². The van der Waals surface area contributed by atoms with Gasteiger partial charge in [-0.25, -0.2) is 0 Å². The molecule has 3 heteroatoms. The minimum Gasteiger partial charge on any atom is -0.270 e. The van der Waals surface area contributed by atoms with Crippen LogP contribution in [0.3, 0.4) is 0 Å². The maximum absolute atomic E-state index is 10.3. The van der Waals surface area contributed by atoms with Crippen LogP contribution in [0.4, 0.5) is 0 Å². The maximum atomic E-state index is 10.3. The third-order valence-corrected chi connectivity index (χ3v) is 1.99. The van der Waals surface area contributed by atoms with Crippen LogP contribution in [-0.4, -0.2) is 6.16 Å². The average Bonchev–Trinajstić information content (AvgIpc) is 1.80. The molecule has 0 saturated heterocycles. The van der Waals surface area contributed by atoms with Crippen molar-refractivity contribution in [3.63, 3.8) is 0 Å². The Morgan fingerprint density at radius 2 is 2.00 bits per heavy atom. The molecule has 0 amide bonds. The zero-order valence-corrected chi connectivity index (χ0v) is 6.86. The van der Waals surface area contributed by atoms with Gasteiger partial charge in [-0.1, -0.05) is 26.2 Å². The minimum atomic E-state index is -1.37. The lowest BCUT2D eigenvalue weighted by Crippen LogP contribution is -1.85. The van der Waals surface area contributed by atoms with E-state index in [1.165, 1.54) is 19.3 Å². The summed E-state index contributed by atoms with van der Waals surface area (Å²) >= 11 is 0. The van der Waals surface area contributed by atoms with Gasteiger partial charge in [-0.15, -0.1) is 0 Å². The van der Waals surface area contributed by atoms with Gasteiger partial charge in [-0.05, 0) is 6.42 Å². The third kappa shape index (κ3) is 8.06. The van der Waals surface area contributed by atoms with Gasteiger partial charge < -0.3 is 0 Å². The van der Waals surface area contributed by atoms with Crippen LogP contribution in [0.15, 0.2) is 0 Å². The molecule has 0 rings (SSSR count). The van der Waals surface area contributed by atoms with E-state index >= 15 is 0 Å². The Labute approximate surface area is 57.7 Å². The molecule has 0 bridgehead atoms. The predicted molar refractivity (Wildman–Crippen MR) is 40.8 cm³/mol. The Morgan fingerprint density at radius 1 is 1.33 bits per heavy atom. The number of rotatable bonds is 5.